The van der Waals surface area contributed by atoms with Crippen LogP contribution in [-0.2, 0) is 0 Å². The number of nitrogens with one attached hydrogen (secondary N) is 1. The summed E-state index contributed by atoms with van der Waals surface area (Å²) in [5.74, 6) is 0.703. The summed E-state index contributed by atoms with van der Waals surface area (Å²) in [4.78, 5) is 0. The average Bonchev–Trinajstić information content (AvgIpc) is 2.48. The van der Waals surface area contributed by atoms with Crippen molar-refractivity contribution in [1.29, 1.82) is 0 Å². The summed E-state index contributed by atoms with van der Waals surface area (Å²) in [6, 6.07) is 12.5. The van der Waals surface area contributed by atoms with E-state index in [0.29, 0.717) is 10.8 Å². The van der Waals surface area contributed by atoms with Gasteiger partial charge in [-0.2, -0.15) is 0 Å². The summed E-state index contributed by atoms with van der Waals surface area (Å²) in [7, 11) is 1.63. The maximum Gasteiger partial charge on any atom is 0.137 e. The highest BCUT2D eigenvalue weighted by Gasteiger charge is 2.17. The molecular formula is C17H19ClINO. The van der Waals surface area contributed by atoms with E-state index in [1.807, 2.05) is 12.1 Å². The Morgan fingerprint density at radius 2 is 2.05 bits per heavy atom. The second-order valence-corrected chi connectivity index (χ2v) is 6.35. The summed E-state index contributed by atoms with van der Waals surface area (Å²) in [6.07, 6.45) is 0. The molecule has 0 radical (unpaired) electrons. The number of methoxy groups -OCH3 is 1. The molecule has 0 heterocycles. The van der Waals surface area contributed by atoms with Crippen molar-refractivity contribution in [3.63, 3.8) is 0 Å². The molecule has 1 unspecified atom stereocenters. The molecular weight excluding hydrogens is 397 g/mol. The van der Waals surface area contributed by atoms with Gasteiger partial charge in [-0.05, 0) is 64.9 Å². The lowest BCUT2D eigenvalue weighted by Gasteiger charge is -2.22. The lowest BCUT2D eigenvalue weighted by molar-refractivity contribution is 0.414. The van der Waals surface area contributed by atoms with Crippen LogP contribution in [0.1, 0.15) is 29.7 Å². The van der Waals surface area contributed by atoms with E-state index < -0.39 is 0 Å². The summed E-state index contributed by atoms with van der Waals surface area (Å²) in [6.45, 7) is 5.13. The Balaban J connectivity index is 2.48. The molecule has 0 aliphatic rings. The van der Waals surface area contributed by atoms with E-state index in [4.69, 9.17) is 16.3 Å². The molecule has 0 aliphatic heterocycles. The lowest BCUT2D eigenvalue weighted by atomic mass is 9.97. The zero-order chi connectivity index (χ0) is 15.4. The van der Waals surface area contributed by atoms with E-state index in [9.17, 15) is 0 Å². The van der Waals surface area contributed by atoms with Crippen LogP contribution in [0.15, 0.2) is 36.4 Å². The van der Waals surface area contributed by atoms with Crippen molar-refractivity contribution < 1.29 is 4.74 Å². The Kier molecular flexibility index (Phi) is 5.90. The minimum absolute atomic E-state index is 0.130. The fourth-order valence-corrected chi connectivity index (χ4v) is 3.30. The van der Waals surface area contributed by atoms with Crippen LogP contribution in [-0.4, -0.2) is 13.7 Å². The minimum atomic E-state index is 0.130. The molecule has 2 aromatic rings. The van der Waals surface area contributed by atoms with E-state index in [0.717, 1.165) is 12.1 Å². The third kappa shape index (κ3) is 3.71. The Morgan fingerprint density at radius 3 is 2.67 bits per heavy atom. The largest absolute Gasteiger partial charge is 0.495 e. The normalized spacial score (nSPS) is 12.2. The fourth-order valence-electron chi connectivity index (χ4n) is 2.37. The standard InChI is InChI=1S/C17H19ClINO/c1-4-20-17(13-7-5-6-11(2)16(13)19)12-8-9-15(21-3)14(18)10-12/h5-10,17,20H,4H2,1-3H3. The molecule has 2 aromatic carbocycles. The topological polar surface area (TPSA) is 21.3 Å². The van der Waals surface area contributed by atoms with Crippen LogP contribution in [0.4, 0.5) is 0 Å². The monoisotopic (exact) mass is 415 g/mol. The van der Waals surface area contributed by atoms with Gasteiger partial charge in [0.2, 0.25) is 0 Å². The molecule has 0 bridgehead atoms. The fraction of sp³-hybridized carbons (Fsp3) is 0.294. The van der Waals surface area contributed by atoms with Crippen molar-refractivity contribution in [3.8, 4) is 5.75 Å². The van der Waals surface area contributed by atoms with Gasteiger partial charge in [-0.1, -0.05) is 42.8 Å². The molecule has 21 heavy (non-hydrogen) atoms. The zero-order valence-electron chi connectivity index (χ0n) is 12.4. The van der Waals surface area contributed by atoms with Crippen molar-refractivity contribution in [2.24, 2.45) is 0 Å². The maximum absolute atomic E-state index is 6.28. The van der Waals surface area contributed by atoms with E-state index in [-0.39, 0.29) is 6.04 Å². The van der Waals surface area contributed by atoms with Crippen LogP contribution in [0.2, 0.25) is 5.02 Å². The molecule has 4 heteroatoms. The highest BCUT2D eigenvalue weighted by atomic mass is 127. The van der Waals surface area contributed by atoms with Crippen LogP contribution in [0.25, 0.3) is 0 Å². The number of rotatable bonds is 5. The van der Waals surface area contributed by atoms with Crippen molar-refractivity contribution in [1.82, 2.24) is 5.32 Å². The molecule has 2 nitrogen and oxygen atoms in total. The van der Waals surface area contributed by atoms with Gasteiger partial charge < -0.3 is 10.1 Å². The molecule has 0 aromatic heterocycles. The van der Waals surface area contributed by atoms with Crippen molar-refractivity contribution >= 4 is 34.2 Å². The van der Waals surface area contributed by atoms with Gasteiger partial charge in [-0.3, -0.25) is 0 Å². The van der Waals surface area contributed by atoms with Gasteiger partial charge in [0.15, 0.2) is 0 Å². The quantitative estimate of drug-likeness (QED) is 0.697. The molecule has 1 N–H and O–H groups in total. The first-order chi connectivity index (χ1) is 10.1. The van der Waals surface area contributed by atoms with Crippen LogP contribution < -0.4 is 10.1 Å². The third-order valence-electron chi connectivity index (χ3n) is 3.45. The summed E-state index contributed by atoms with van der Waals surface area (Å²) < 4.78 is 6.52. The molecule has 2 rings (SSSR count). The average molecular weight is 416 g/mol. The molecule has 0 saturated heterocycles. The van der Waals surface area contributed by atoms with Crippen molar-refractivity contribution in [2.75, 3.05) is 13.7 Å². The SMILES string of the molecule is CCNC(c1ccc(OC)c(Cl)c1)c1cccc(C)c1I. The Bertz CT molecular complexity index is 630. The van der Waals surface area contributed by atoms with Crippen molar-refractivity contribution in [2.45, 2.75) is 19.9 Å². The van der Waals surface area contributed by atoms with Crippen LogP contribution in [0.3, 0.4) is 0 Å². The predicted molar refractivity (Wildman–Crippen MR) is 97.4 cm³/mol. The Morgan fingerprint density at radius 1 is 1.29 bits per heavy atom. The van der Waals surface area contributed by atoms with Gasteiger partial charge in [0.1, 0.15) is 5.75 Å². The van der Waals surface area contributed by atoms with Gasteiger partial charge in [0.05, 0.1) is 18.2 Å². The zero-order valence-corrected chi connectivity index (χ0v) is 15.3. The first-order valence-electron chi connectivity index (χ1n) is 6.90. The second-order valence-electron chi connectivity index (χ2n) is 4.86. The maximum atomic E-state index is 6.28. The molecule has 0 saturated carbocycles. The lowest BCUT2D eigenvalue weighted by Crippen LogP contribution is -2.23. The predicted octanol–water partition coefficient (Wildman–Crippen LogP) is 4.96. The molecule has 0 fully saturated rings. The molecule has 0 aliphatic carbocycles. The van der Waals surface area contributed by atoms with Crippen LogP contribution in [0.5, 0.6) is 5.75 Å². The van der Waals surface area contributed by atoms with E-state index in [2.05, 4.69) is 66.0 Å². The number of hydrogen-bond donors (Lipinski definition) is 1. The van der Waals surface area contributed by atoms with E-state index >= 15 is 0 Å². The number of benzene rings is 2. The highest BCUT2D eigenvalue weighted by Crippen LogP contribution is 2.32. The Hall–Kier alpha value is -0.780. The molecule has 0 spiro atoms. The van der Waals surface area contributed by atoms with Gasteiger partial charge in [0, 0.05) is 3.57 Å². The number of ether oxygens (including phenoxy) is 1. The molecule has 112 valence electrons. The van der Waals surface area contributed by atoms with Gasteiger partial charge in [-0.25, -0.2) is 0 Å². The second kappa shape index (κ2) is 7.47. The summed E-state index contributed by atoms with van der Waals surface area (Å²) in [5.41, 5.74) is 3.71. The molecule has 1 atom stereocenters. The first kappa shape index (κ1) is 16.6. The highest BCUT2D eigenvalue weighted by molar-refractivity contribution is 14.1. The van der Waals surface area contributed by atoms with Crippen LogP contribution >= 0.6 is 34.2 Å². The van der Waals surface area contributed by atoms with E-state index in [1.54, 1.807) is 7.11 Å². The summed E-state index contributed by atoms with van der Waals surface area (Å²) >= 11 is 8.69. The third-order valence-corrected chi connectivity index (χ3v) is 5.22. The van der Waals surface area contributed by atoms with Gasteiger partial charge in [0.25, 0.3) is 0 Å². The van der Waals surface area contributed by atoms with Gasteiger partial charge in [-0.15, -0.1) is 0 Å². The Labute approximate surface area is 145 Å². The summed E-state index contributed by atoms with van der Waals surface area (Å²) in [5, 5.41) is 4.18. The molecule has 0 amide bonds. The first-order valence-corrected chi connectivity index (χ1v) is 8.36. The smallest absolute Gasteiger partial charge is 0.137 e. The van der Waals surface area contributed by atoms with Gasteiger partial charge >= 0.3 is 0 Å². The minimum Gasteiger partial charge on any atom is -0.495 e. The van der Waals surface area contributed by atoms with Crippen LogP contribution in [0, 0.1) is 10.5 Å². The van der Waals surface area contributed by atoms with E-state index in [1.165, 1.54) is 14.7 Å². The van der Waals surface area contributed by atoms with Crippen molar-refractivity contribution in [3.05, 3.63) is 61.7 Å². The number of halogens is 2. The number of aryl methyl sites for hydroxylation is 1. The number of hydrogen-bond acceptors (Lipinski definition) is 2.